The van der Waals surface area contributed by atoms with Crippen LogP contribution in [0.1, 0.15) is 11.1 Å². The second-order valence-electron chi connectivity index (χ2n) is 4.15. The Balaban J connectivity index is 2.15. The fourth-order valence-electron chi connectivity index (χ4n) is 1.78. The first kappa shape index (κ1) is 15.1. The van der Waals surface area contributed by atoms with E-state index in [9.17, 15) is 8.78 Å². The molecule has 0 bridgehead atoms. The normalized spacial score (nSPS) is 10.2. The van der Waals surface area contributed by atoms with Gasteiger partial charge in [0.05, 0.1) is 22.3 Å². The number of ether oxygens (including phenoxy) is 1. The SMILES string of the molecule is N#Cc1ccc(Cl)c(NCc2ccccc2OC(F)F)c1. The van der Waals surface area contributed by atoms with Crippen LogP contribution in [0.25, 0.3) is 0 Å². The van der Waals surface area contributed by atoms with Crippen LogP contribution < -0.4 is 10.1 Å². The zero-order valence-corrected chi connectivity index (χ0v) is 11.6. The van der Waals surface area contributed by atoms with Crippen LogP contribution in [0.2, 0.25) is 5.02 Å². The maximum Gasteiger partial charge on any atom is 0.387 e. The predicted molar refractivity (Wildman–Crippen MR) is 76.6 cm³/mol. The van der Waals surface area contributed by atoms with Crippen molar-refractivity contribution in [1.82, 2.24) is 0 Å². The van der Waals surface area contributed by atoms with Crippen LogP contribution in [0.3, 0.4) is 0 Å². The molecule has 0 radical (unpaired) electrons. The summed E-state index contributed by atoms with van der Waals surface area (Å²) in [4.78, 5) is 0. The van der Waals surface area contributed by atoms with E-state index in [-0.39, 0.29) is 12.3 Å². The molecule has 0 atom stereocenters. The van der Waals surface area contributed by atoms with Crippen LogP contribution in [0.5, 0.6) is 5.75 Å². The molecule has 0 aromatic heterocycles. The van der Waals surface area contributed by atoms with Crippen LogP contribution in [0.4, 0.5) is 14.5 Å². The van der Waals surface area contributed by atoms with E-state index in [1.807, 2.05) is 6.07 Å². The van der Waals surface area contributed by atoms with Crippen molar-refractivity contribution in [3.63, 3.8) is 0 Å². The Morgan fingerprint density at radius 3 is 2.71 bits per heavy atom. The van der Waals surface area contributed by atoms with Crippen molar-refractivity contribution in [3.8, 4) is 11.8 Å². The zero-order valence-electron chi connectivity index (χ0n) is 10.8. The van der Waals surface area contributed by atoms with Crippen LogP contribution in [0, 0.1) is 11.3 Å². The van der Waals surface area contributed by atoms with E-state index < -0.39 is 6.61 Å². The summed E-state index contributed by atoms with van der Waals surface area (Å²) >= 11 is 6.02. The van der Waals surface area contributed by atoms with Gasteiger partial charge in [-0.05, 0) is 24.3 Å². The fourth-order valence-corrected chi connectivity index (χ4v) is 1.97. The zero-order chi connectivity index (χ0) is 15.2. The second-order valence-corrected chi connectivity index (χ2v) is 4.55. The minimum atomic E-state index is -2.88. The van der Waals surface area contributed by atoms with Crippen LogP contribution in [-0.4, -0.2) is 6.61 Å². The molecule has 2 aromatic carbocycles. The highest BCUT2D eigenvalue weighted by molar-refractivity contribution is 6.33. The lowest BCUT2D eigenvalue weighted by atomic mass is 10.2. The first-order chi connectivity index (χ1) is 10.1. The minimum absolute atomic E-state index is 0.104. The van der Waals surface area contributed by atoms with Crippen molar-refractivity contribution < 1.29 is 13.5 Å². The summed E-state index contributed by atoms with van der Waals surface area (Å²) in [6.07, 6.45) is 0. The van der Waals surface area contributed by atoms with Crippen molar-refractivity contribution >= 4 is 17.3 Å². The molecule has 2 rings (SSSR count). The van der Waals surface area contributed by atoms with E-state index in [1.54, 1.807) is 36.4 Å². The van der Waals surface area contributed by atoms with Crippen molar-refractivity contribution in [3.05, 3.63) is 58.6 Å². The number of hydrogen-bond donors (Lipinski definition) is 1. The third-order valence-corrected chi connectivity index (χ3v) is 3.08. The third-order valence-electron chi connectivity index (χ3n) is 2.75. The number of rotatable bonds is 5. The fraction of sp³-hybridized carbons (Fsp3) is 0.133. The molecule has 0 heterocycles. The summed E-state index contributed by atoms with van der Waals surface area (Å²) in [5.74, 6) is 0.104. The molecule has 0 fully saturated rings. The van der Waals surface area contributed by atoms with Crippen molar-refractivity contribution in [2.75, 3.05) is 5.32 Å². The smallest absolute Gasteiger partial charge is 0.387 e. The Hall–Kier alpha value is -2.32. The molecule has 1 N–H and O–H groups in total. The Morgan fingerprint density at radius 2 is 2.00 bits per heavy atom. The van der Waals surface area contributed by atoms with E-state index in [0.29, 0.717) is 21.8 Å². The molecule has 2 aromatic rings. The number of hydrogen-bond acceptors (Lipinski definition) is 3. The van der Waals surface area contributed by atoms with Gasteiger partial charge in [0.25, 0.3) is 0 Å². The maximum absolute atomic E-state index is 12.3. The Labute approximate surface area is 125 Å². The number of halogens is 3. The Kier molecular flexibility index (Phi) is 4.96. The maximum atomic E-state index is 12.3. The Morgan fingerprint density at radius 1 is 1.24 bits per heavy atom. The van der Waals surface area contributed by atoms with Crippen molar-refractivity contribution in [2.45, 2.75) is 13.2 Å². The van der Waals surface area contributed by atoms with E-state index in [4.69, 9.17) is 16.9 Å². The summed E-state index contributed by atoms with van der Waals surface area (Å²) < 4.78 is 29.1. The molecule has 0 spiro atoms. The van der Waals surface area contributed by atoms with Gasteiger partial charge < -0.3 is 10.1 Å². The molecule has 3 nitrogen and oxygen atoms in total. The Bertz CT molecular complexity index is 671. The van der Waals surface area contributed by atoms with Gasteiger partial charge in [0.2, 0.25) is 0 Å². The number of nitriles is 1. The molecule has 6 heteroatoms. The van der Waals surface area contributed by atoms with E-state index in [1.165, 1.54) is 6.07 Å². The largest absolute Gasteiger partial charge is 0.434 e. The number of nitrogens with one attached hydrogen (secondary N) is 1. The summed E-state index contributed by atoms with van der Waals surface area (Å²) in [6.45, 7) is -2.63. The third kappa shape index (κ3) is 4.07. The van der Waals surface area contributed by atoms with Crippen molar-refractivity contribution in [1.29, 1.82) is 5.26 Å². The van der Waals surface area contributed by atoms with Gasteiger partial charge >= 0.3 is 6.61 Å². The monoisotopic (exact) mass is 308 g/mol. The molecular formula is C15H11ClF2N2O. The standard InChI is InChI=1S/C15H11ClF2N2O/c16-12-6-5-10(8-19)7-13(12)20-9-11-3-1-2-4-14(11)21-15(17)18/h1-7,15,20H,9H2. The molecule has 0 aliphatic rings. The van der Waals surface area contributed by atoms with Gasteiger partial charge in [-0.25, -0.2) is 0 Å². The van der Waals surface area contributed by atoms with Crippen LogP contribution >= 0.6 is 11.6 Å². The summed E-state index contributed by atoms with van der Waals surface area (Å²) in [7, 11) is 0. The lowest BCUT2D eigenvalue weighted by molar-refractivity contribution is -0.0504. The average Bonchev–Trinajstić information content (AvgIpc) is 2.47. The number of alkyl halides is 2. The van der Waals surface area contributed by atoms with E-state index >= 15 is 0 Å². The summed E-state index contributed by atoms with van der Waals surface area (Å²) in [5.41, 5.74) is 1.58. The molecule has 0 amide bonds. The lowest BCUT2D eigenvalue weighted by Crippen LogP contribution is -2.07. The van der Waals surface area contributed by atoms with Crippen LogP contribution in [-0.2, 0) is 6.54 Å². The molecule has 0 aliphatic heterocycles. The van der Waals surface area contributed by atoms with Crippen LogP contribution in [0.15, 0.2) is 42.5 Å². The second kappa shape index (κ2) is 6.91. The highest BCUT2D eigenvalue weighted by Gasteiger charge is 2.09. The van der Waals surface area contributed by atoms with E-state index in [0.717, 1.165) is 0 Å². The van der Waals surface area contributed by atoms with E-state index in [2.05, 4.69) is 10.1 Å². The lowest BCUT2D eigenvalue weighted by Gasteiger charge is -2.13. The van der Waals surface area contributed by atoms with Gasteiger partial charge in [0, 0.05) is 12.1 Å². The number of nitrogens with zero attached hydrogens (tertiary/aromatic N) is 1. The molecule has 108 valence electrons. The van der Waals surface area contributed by atoms with Crippen molar-refractivity contribution in [2.24, 2.45) is 0 Å². The van der Waals surface area contributed by atoms with Gasteiger partial charge in [-0.3, -0.25) is 0 Å². The van der Waals surface area contributed by atoms with Gasteiger partial charge in [-0.15, -0.1) is 0 Å². The van der Waals surface area contributed by atoms with Gasteiger partial charge in [0.1, 0.15) is 5.75 Å². The summed E-state index contributed by atoms with van der Waals surface area (Å²) in [5, 5.41) is 12.3. The molecule has 0 saturated heterocycles. The van der Waals surface area contributed by atoms with Gasteiger partial charge in [-0.1, -0.05) is 29.8 Å². The topological polar surface area (TPSA) is 45.0 Å². The van der Waals surface area contributed by atoms with Gasteiger partial charge in [-0.2, -0.15) is 14.0 Å². The first-order valence-electron chi connectivity index (χ1n) is 6.06. The molecule has 0 saturated carbocycles. The van der Waals surface area contributed by atoms with Gasteiger partial charge in [0.15, 0.2) is 0 Å². The molecular weight excluding hydrogens is 298 g/mol. The highest BCUT2D eigenvalue weighted by atomic mass is 35.5. The number of anilines is 1. The molecule has 0 aliphatic carbocycles. The number of benzene rings is 2. The quantitative estimate of drug-likeness (QED) is 0.889. The summed E-state index contributed by atoms with van der Waals surface area (Å²) in [6, 6.07) is 13.3. The number of para-hydroxylation sites is 1. The predicted octanol–water partition coefficient (Wildman–Crippen LogP) is 4.43. The molecule has 21 heavy (non-hydrogen) atoms. The first-order valence-corrected chi connectivity index (χ1v) is 6.44. The minimum Gasteiger partial charge on any atom is -0.434 e. The average molecular weight is 309 g/mol. The highest BCUT2D eigenvalue weighted by Crippen LogP contribution is 2.26. The molecule has 0 unspecified atom stereocenters.